The Hall–Kier alpha value is -2.12. The Bertz CT molecular complexity index is 769. The number of benzene rings is 2. The minimum Gasteiger partial charge on any atom is -0.490 e. The first-order valence-electron chi connectivity index (χ1n) is 10.3. The van der Waals surface area contributed by atoms with Gasteiger partial charge in [0.1, 0.15) is 29.8 Å². The van der Waals surface area contributed by atoms with Crippen molar-refractivity contribution in [1.29, 1.82) is 0 Å². The Morgan fingerprint density at radius 2 is 1.31 bits per heavy atom. The Kier molecular flexibility index (Phi) is 6.35. The number of aliphatic hydroxyl groups excluding tert-OH is 3. The Labute approximate surface area is 170 Å². The molecule has 6 nitrogen and oxygen atoms in total. The summed E-state index contributed by atoms with van der Waals surface area (Å²) < 4.78 is 16.9. The van der Waals surface area contributed by atoms with E-state index in [1.807, 2.05) is 24.3 Å². The first kappa shape index (κ1) is 20.2. The third-order valence-electron chi connectivity index (χ3n) is 5.57. The minimum absolute atomic E-state index is 0.0819. The Morgan fingerprint density at radius 3 is 1.90 bits per heavy atom. The molecule has 0 bridgehead atoms. The Morgan fingerprint density at radius 1 is 0.759 bits per heavy atom. The van der Waals surface area contributed by atoms with Crippen molar-refractivity contribution in [2.45, 2.75) is 62.8 Å². The highest BCUT2D eigenvalue weighted by molar-refractivity contribution is 5.34. The summed E-state index contributed by atoms with van der Waals surface area (Å²) in [5.41, 5.74) is 2.32. The molecule has 1 aliphatic carbocycles. The normalized spacial score (nSPS) is 27.7. The molecule has 2 aromatic rings. The number of aliphatic hydroxyl groups is 3. The van der Waals surface area contributed by atoms with Crippen molar-refractivity contribution in [2.75, 3.05) is 6.61 Å². The molecule has 0 unspecified atom stereocenters. The van der Waals surface area contributed by atoms with Crippen LogP contribution in [0.1, 0.15) is 36.8 Å². The molecule has 4 rings (SSSR count). The first-order valence-corrected chi connectivity index (χ1v) is 10.3. The lowest BCUT2D eigenvalue weighted by Gasteiger charge is -2.34. The van der Waals surface area contributed by atoms with Crippen LogP contribution >= 0.6 is 0 Å². The lowest BCUT2D eigenvalue weighted by molar-refractivity contribution is -0.242. The fourth-order valence-corrected chi connectivity index (χ4v) is 3.82. The maximum absolute atomic E-state index is 9.96. The van der Waals surface area contributed by atoms with Gasteiger partial charge < -0.3 is 29.5 Å². The van der Waals surface area contributed by atoms with Gasteiger partial charge in [0.2, 0.25) is 6.29 Å². The van der Waals surface area contributed by atoms with Gasteiger partial charge in [-0.15, -0.1) is 0 Å². The third-order valence-corrected chi connectivity index (χ3v) is 5.57. The smallest absolute Gasteiger partial charge is 0.228 e. The topological polar surface area (TPSA) is 88.4 Å². The summed E-state index contributed by atoms with van der Waals surface area (Å²) in [5, 5.41) is 29.2. The second kappa shape index (κ2) is 9.13. The summed E-state index contributed by atoms with van der Waals surface area (Å²) in [6.07, 6.45) is 1.28. The van der Waals surface area contributed by atoms with Crippen molar-refractivity contribution < 1.29 is 29.5 Å². The third kappa shape index (κ3) is 5.08. The molecular formula is C23H28O6. The molecule has 0 spiro atoms. The molecule has 2 aliphatic rings. The van der Waals surface area contributed by atoms with Crippen LogP contribution in [-0.4, -0.2) is 52.6 Å². The van der Waals surface area contributed by atoms with Gasteiger partial charge in [-0.1, -0.05) is 24.3 Å². The van der Waals surface area contributed by atoms with Crippen molar-refractivity contribution >= 4 is 0 Å². The van der Waals surface area contributed by atoms with Gasteiger partial charge in [0, 0.05) is 0 Å². The highest BCUT2D eigenvalue weighted by Gasteiger charge is 2.38. The van der Waals surface area contributed by atoms with E-state index in [-0.39, 0.29) is 6.61 Å². The van der Waals surface area contributed by atoms with Gasteiger partial charge >= 0.3 is 0 Å². The number of hydrogen-bond acceptors (Lipinski definition) is 6. The SMILES string of the molecule is O[C@@H]1[C@@H](O)[C@@H](Oc2ccc(Cc3ccc(OC4CCCC4)cc3)cc2)OC[C@@H]1O. The highest BCUT2D eigenvalue weighted by Crippen LogP contribution is 2.25. The zero-order valence-corrected chi connectivity index (χ0v) is 16.3. The molecule has 1 heterocycles. The van der Waals surface area contributed by atoms with Crippen molar-refractivity contribution in [3.63, 3.8) is 0 Å². The second-order valence-corrected chi connectivity index (χ2v) is 7.86. The number of rotatable bonds is 6. The van der Waals surface area contributed by atoms with Crippen LogP contribution in [0.2, 0.25) is 0 Å². The van der Waals surface area contributed by atoms with Crippen LogP contribution in [0.25, 0.3) is 0 Å². The second-order valence-electron chi connectivity index (χ2n) is 7.86. The van der Waals surface area contributed by atoms with Crippen LogP contribution in [0.15, 0.2) is 48.5 Å². The molecule has 2 fully saturated rings. The average molecular weight is 400 g/mol. The van der Waals surface area contributed by atoms with Crippen molar-refractivity contribution in [1.82, 2.24) is 0 Å². The molecule has 3 N–H and O–H groups in total. The molecule has 0 aromatic heterocycles. The van der Waals surface area contributed by atoms with Crippen LogP contribution in [0.5, 0.6) is 11.5 Å². The molecule has 1 saturated carbocycles. The van der Waals surface area contributed by atoms with E-state index in [9.17, 15) is 15.3 Å². The van der Waals surface area contributed by atoms with Gasteiger partial charge in [-0.05, 0) is 67.5 Å². The highest BCUT2D eigenvalue weighted by atomic mass is 16.7. The maximum Gasteiger partial charge on any atom is 0.228 e. The molecule has 2 aromatic carbocycles. The molecule has 29 heavy (non-hydrogen) atoms. The molecule has 156 valence electrons. The van der Waals surface area contributed by atoms with Crippen LogP contribution < -0.4 is 9.47 Å². The summed E-state index contributed by atoms with van der Waals surface area (Å²) in [4.78, 5) is 0. The molecular weight excluding hydrogens is 372 g/mol. The van der Waals surface area contributed by atoms with Crippen LogP contribution in [0, 0.1) is 0 Å². The van der Waals surface area contributed by atoms with E-state index in [0.29, 0.717) is 11.9 Å². The minimum atomic E-state index is -1.30. The van der Waals surface area contributed by atoms with E-state index in [0.717, 1.165) is 30.6 Å². The van der Waals surface area contributed by atoms with E-state index in [4.69, 9.17) is 14.2 Å². The average Bonchev–Trinajstić information content (AvgIpc) is 3.24. The fourth-order valence-electron chi connectivity index (χ4n) is 3.82. The van der Waals surface area contributed by atoms with Crippen molar-refractivity contribution in [3.8, 4) is 11.5 Å². The fraction of sp³-hybridized carbons (Fsp3) is 0.478. The number of hydrogen-bond donors (Lipinski definition) is 3. The van der Waals surface area contributed by atoms with Crippen molar-refractivity contribution in [3.05, 3.63) is 59.7 Å². The van der Waals surface area contributed by atoms with Crippen LogP contribution in [0.3, 0.4) is 0 Å². The predicted molar refractivity (Wildman–Crippen MR) is 107 cm³/mol. The largest absolute Gasteiger partial charge is 0.490 e. The summed E-state index contributed by atoms with van der Waals surface area (Å²) in [6, 6.07) is 15.8. The van der Waals surface area contributed by atoms with E-state index >= 15 is 0 Å². The van der Waals surface area contributed by atoms with Gasteiger partial charge in [0.25, 0.3) is 0 Å². The van der Waals surface area contributed by atoms with Crippen LogP contribution in [-0.2, 0) is 11.2 Å². The molecule has 0 radical (unpaired) electrons. The monoisotopic (exact) mass is 400 g/mol. The summed E-state index contributed by atoms with van der Waals surface area (Å²) in [7, 11) is 0. The van der Waals surface area contributed by atoms with Gasteiger partial charge in [-0.2, -0.15) is 0 Å². The summed E-state index contributed by atoms with van der Waals surface area (Å²) in [6.45, 7) is -0.0819. The standard InChI is InChI=1S/C23H28O6/c24-20-14-27-23(22(26)21(20)25)29-19-11-7-16(8-12-19)13-15-5-9-18(10-6-15)28-17-3-1-2-4-17/h5-12,17,20-26H,1-4,13-14H2/t20-,21-,22+,23+/m0/s1. The maximum atomic E-state index is 9.96. The summed E-state index contributed by atoms with van der Waals surface area (Å²) in [5.74, 6) is 1.46. The lowest BCUT2D eigenvalue weighted by atomic mass is 10.0. The first-order chi connectivity index (χ1) is 14.1. The quantitative estimate of drug-likeness (QED) is 0.690. The van der Waals surface area contributed by atoms with Crippen LogP contribution in [0.4, 0.5) is 0 Å². The number of ether oxygens (including phenoxy) is 3. The summed E-state index contributed by atoms with van der Waals surface area (Å²) >= 11 is 0. The van der Waals surface area contributed by atoms with E-state index < -0.39 is 24.6 Å². The predicted octanol–water partition coefficient (Wildman–Crippen LogP) is 2.42. The molecule has 4 atom stereocenters. The Balaban J connectivity index is 1.31. The molecule has 0 amide bonds. The molecule has 6 heteroatoms. The van der Waals surface area contributed by atoms with E-state index in [1.165, 1.54) is 18.4 Å². The molecule has 1 saturated heterocycles. The van der Waals surface area contributed by atoms with Gasteiger partial charge in [0.15, 0.2) is 0 Å². The zero-order chi connectivity index (χ0) is 20.2. The van der Waals surface area contributed by atoms with E-state index in [2.05, 4.69) is 12.1 Å². The molecule has 1 aliphatic heterocycles. The zero-order valence-electron chi connectivity index (χ0n) is 16.3. The van der Waals surface area contributed by atoms with Crippen molar-refractivity contribution in [2.24, 2.45) is 0 Å². The van der Waals surface area contributed by atoms with Gasteiger partial charge in [0.05, 0.1) is 12.7 Å². The van der Waals surface area contributed by atoms with E-state index in [1.54, 1.807) is 12.1 Å². The van der Waals surface area contributed by atoms with Gasteiger partial charge in [-0.3, -0.25) is 0 Å². The van der Waals surface area contributed by atoms with Gasteiger partial charge in [-0.25, -0.2) is 0 Å². The lowest BCUT2D eigenvalue weighted by Crippen LogP contribution is -2.54.